The van der Waals surface area contributed by atoms with Gasteiger partial charge >= 0.3 is 0 Å². The molecule has 2 heterocycles. The lowest BCUT2D eigenvalue weighted by molar-refractivity contribution is 0.602. The summed E-state index contributed by atoms with van der Waals surface area (Å²) in [6.07, 6.45) is 3.11. The second-order valence-electron chi connectivity index (χ2n) is 4.97. The Morgan fingerprint density at radius 2 is 2.13 bits per heavy atom. The summed E-state index contributed by atoms with van der Waals surface area (Å²) < 4.78 is 31.8. The van der Waals surface area contributed by atoms with Crippen molar-refractivity contribution in [1.82, 2.24) is 9.36 Å². The first-order chi connectivity index (χ1) is 10.9. The molecule has 2 N–H and O–H groups in total. The molecule has 23 heavy (non-hydrogen) atoms. The van der Waals surface area contributed by atoms with Gasteiger partial charge in [0.1, 0.15) is 4.90 Å². The number of rotatable bonds is 5. The van der Waals surface area contributed by atoms with Crippen LogP contribution >= 0.6 is 34.7 Å². The summed E-state index contributed by atoms with van der Waals surface area (Å²) in [6, 6.07) is 4.98. The van der Waals surface area contributed by atoms with Crippen molar-refractivity contribution in [2.45, 2.75) is 24.7 Å². The fourth-order valence-electron chi connectivity index (χ4n) is 2.24. The molecule has 122 valence electrons. The molecule has 2 aromatic heterocycles. The molecule has 0 saturated heterocycles. The molecular formula is C14H13Cl2N3O2S2. The van der Waals surface area contributed by atoms with E-state index < -0.39 is 10.0 Å². The Labute approximate surface area is 147 Å². The van der Waals surface area contributed by atoms with Crippen molar-refractivity contribution < 1.29 is 8.42 Å². The van der Waals surface area contributed by atoms with Crippen molar-refractivity contribution in [2.24, 2.45) is 0 Å². The molecule has 5 nitrogen and oxygen atoms in total. The number of halogens is 2. The Bertz CT molecular complexity index is 964. The lowest BCUT2D eigenvalue weighted by atomic mass is 10.2. The first-order valence-corrected chi connectivity index (χ1v) is 9.87. The molecule has 0 bridgehead atoms. The van der Waals surface area contributed by atoms with Gasteiger partial charge in [-0.15, -0.1) is 0 Å². The van der Waals surface area contributed by atoms with Crippen molar-refractivity contribution in [1.29, 1.82) is 0 Å². The van der Waals surface area contributed by atoms with Gasteiger partial charge in [0.15, 0.2) is 5.82 Å². The summed E-state index contributed by atoms with van der Waals surface area (Å²) in [5.41, 5.74) is 0.647. The van der Waals surface area contributed by atoms with E-state index in [1.807, 2.05) is 6.92 Å². The fourth-order valence-corrected chi connectivity index (χ4v) is 4.86. The van der Waals surface area contributed by atoms with Gasteiger partial charge in [0, 0.05) is 27.0 Å². The predicted molar refractivity (Wildman–Crippen MR) is 95.2 cm³/mol. The Morgan fingerprint density at radius 3 is 2.87 bits per heavy atom. The number of anilines is 1. The second-order valence-corrected chi connectivity index (χ2v) is 8.29. The normalized spacial score (nSPS) is 12.0. The molecule has 0 aliphatic heterocycles. The molecule has 9 heteroatoms. The average Bonchev–Trinajstić information content (AvgIpc) is 3.05. The zero-order chi connectivity index (χ0) is 16.6. The lowest BCUT2D eigenvalue weighted by Crippen LogP contribution is -2.13. The fraction of sp³-hybridized carbons (Fsp3) is 0.214. The van der Waals surface area contributed by atoms with Crippen LogP contribution in [0.3, 0.4) is 0 Å². The first-order valence-electron chi connectivity index (χ1n) is 6.86. The molecule has 0 aliphatic rings. The highest BCUT2D eigenvalue weighted by Crippen LogP contribution is 2.33. The number of H-pyrrole nitrogens is 1. The van der Waals surface area contributed by atoms with Crippen molar-refractivity contribution in [3.63, 3.8) is 0 Å². The van der Waals surface area contributed by atoms with Crippen LogP contribution in [0.15, 0.2) is 29.3 Å². The number of benzene rings is 1. The average molecular weight is 390 g/mol. The molecule has 0 aliphatic carbocycles. The Hall–Kier alpha value is -1.28. The third-order valence-corrected chi connectivity index (χ3v) is 6.34. The van der Waals surface area contributed by atoms with E-state index in [1.165, 1.54) is 17.7 Å². The molecule has 0 saturated carbocycles. The van der Waals surface area contributed by atoms with E-state index in [2.05, 4.69) is 14.1 Å². The van der Waals surface area contributed by atoms with Crippen molar-refractivity contribution in [2.75, 3.05) is 4.72 Å². The second kappa shape index (κ2) is 6.32. The molecule has 0 radical (unpaired) electrons. The maximum atomic E-state index is 12.6. The highest BCUT2D eigenvalue weighted by atomic mass is 35.5. The third-order valence-electron chi connectivity index (χ3n) is 3.30. The quantitative estimate of drug-likeness (QED) is 0.664. The van der Waals surface area contributed by atoms with Gasteiger partial charge in [-0.1, -0.05) is 36.5 Å². The van der Waals surface area contributed by atoms with Crippen LogP contribution in [0.1, 0.15) is 18.2 Å². The van der Waals surface area contributed by atoms with Crippen LogP contribution in [-0.4, -0.2) is 17.8 Å². The Morgan fingerprint density at radius 1 is 1.35 bits per heavy atom. The van der Waals surface area contributed by atoms with Gasteiger partial charge in [-0.3, -0.25) is 4.72 Å². The van der Waals surface area contributed by atoms with E-state index >= 15 is 0 Å². The maximum absolute atomic E-state index is 12.6. The summed E-state index contributed by atoms with van der Waals surface area (Å²) in [7, 11) is -3.80. The van der Waals surface area contributed by atoms with E-state index in [9.17, 15) is 8.42 Å². The molecule has 1 aromatic carbocycles. The molecule has 0 amide bonds. The number of nitrogens with one attached hydrogen (secondary N) is 2. The van der Waals surface area contributed by atoms with E-state index in [0.717, 1.165) is 17.7 Å². The van der Waals surface area contributed by atoms with Gasteiger partial charge < -0.3 is 4.98 Å². The summed E-state index contributed by atoms with van der Waals surface area (Å²) in [5, 5.41) is 1.45. The number of hydrogen-bond acceptors (Lipinski definition) is 4. The molecule has 0 unspecified atom stereocenters. The molecule has 0 spiro atoms. The molecular weight excluding hydrogens is 377 g/mol. The SMILES string of the molecule is CCCc1snc(NS(=O)(=O)c2c[nH]c3cc(Cl)ccc23)c1Cl. The van der Waals surface area contributed by atoms with Gasteiger partial charge in [0.25, 0.3) is 10.0 Å². The smallest absolute Gasteiger partial charge is 0.265 e. The van der Waals surface area contributed by atoms with E-state index in [0.29, 0.717) is 20.9 Å². The summed E-state index contributed by atoms with van der Waals surface area (Å²) in [4.78, 5) is 3.91. The summed E-state index contributed by atoms with van der Waals surface area (Å²) in [5.74, 6) is 0.170. The monoisotopic (exact) mass is 389 g/mol. The molecule has 3 rings (SSSR count). The standard InChI is InChI=1S/C14H13Cl2N3O2S2/c1-2-3-11-13(16)14(18-22-11)19-23(20,21)12-7-17-10-6-8(15)4-5-9(10)12/h4-7,17H,2-3H2,1H3,(H,18,19). The Kier molecular flexibility index (Phi) is 4.55. The Balaban J connectivity index is 1.98. The van der Waals surface area contributed by atoms with Crippen LogP contribution in [0.5, 0.6) is 0 Å². The van der Waals surface area contributed by atoms with Gasteiger partial charge in [0.2, 0.25) is 0 Å². The lowest BCUT2D eigenvalue weighted by Gasteiger charge is -2.05. The van der Waals surface area contributed by atoms with Crippen LogP contribution in [0.4, 0.5) is 5.82 Å². The first kappa shape index (κ1) is 16.6. The molecule has 0 atom stereocenters. The molecule has 3 aromatic rings. The topological polar surface area (TPSA) is 74.8 Å². The van der Waals surface area contributed by atoms with Crippen LogP contribution in [0, 0.1) is 0 Å². The van der Waals surface area contributed by atoms with E-state index in [-0.39, 0.29) is 10.7 Å². The number of aryl methyl sites for hydroxylation is 1. The van der Waals surface area contributed by atoms with Gasteiger partial charge in [-0.2, -0.15) is 4.37 Å². The largest absolute Gasteiger partial charge is 0.360 e. The summed E-state index contributed by atoms with van der Waals surface area (Å²) in [6.45, 7) is 2.02. The van der Waals surface area contributed by atoms with Crippen molar-refractivity contribution in [3.05, 3.63) is 39.3 Å². The number of hydrogen-bond donors (Lipinski definition) is 2. The number of sulfonamides is 1. The zero-order valence-electron chi connectivity index (χ0n) is 12.1. The van der Waals surface area contributed by atoms with Gasteiger partial charge in [-0.05, 0) is 36.2 Å². The molecule has 0 fully saturated rings. The third kappa shape index (κ3) is 3.19. The van der Waals surface area contributed by atoms with E-state index in [4.69, 9.17) is 23.2 Å². The summed E-state index contributed by atoms with van der Waals surface area (Å²) >= 11 is 13.3. The number of aromatic nitrogens is 2. The minimum Gasteiger partial charge on any atom is -0.360 e. The van der Waals surface area contributed by atoms with Crippen LogP contribution in [0.25, 0.3) is 10.9 Å². The maximum Gasteiger partial charge on any atom is 0.265 e. The highest BCUT2D eigenvalue weighted by Gasteiger charge is 2.22. The number of nitrogens with zero attached hydrogens (tertiary/aromatic N) is 1. The zero-order valence-corrected chi connectivity index (χ0v) is 15.2. The predicted octanol–water partition coefficient (Wildman–Crippen LogP) is 4.68. The van der Waals surface area contributed by atoms with Crippen LogP contribution < -0.4 is 4.72 Å². The number of aromatic amines is 1. The minimum atomic E-state index is -3.80. The minimum absolute atomic E-state index is 0.130. The van der Waals surface area contributed by atoms with E-state index in [1.54, 1.807) is 18.2 Å². The van der Waals surface area contributed by atoms with Crippen molar-refractivity contribution >= 4 is 61.5 Å². The highest BCUT2D eigenvalue weighted by molar-refractivity contribution is 7.93. The van der Waals surface area contributed by atoms with Crippen molar-refractivity contribution in [3.8, 4) is 0 Å². The van der Waals surface area contributed by atoms with Crippen LogP contribution in [-0.2, 0) is 16.4 Å². The van der Waals surface area contributed by atoms with Crippen LogP contribution in [0.2, 0.25) is 10.0 Å². The van der Waals surface area contributed by atoms with Gasteiger partial charge in [0.05, 0.1) is 5.02 Å². The number of fused-ring (bicyclic) bond motifs is 1. The van der Waals surface area contributed by atoms with Gasteiger partial charge in [-0.25, -0.2) is 8.42 Å².